The van der Waals surface area contributed by atoms with E-state index in [2.05, 4.69) is 59.5 Å². The van der Waals surface area contributed by atoms with Crippen LogP contribution >= 0.6 is 0 Å². The lowest BCUT2D eigenvalue weighted by molar-refractivity contribution is -0.0303. The fraction of sp³-hybridized carbons (Fsp3) is 0.556. The Bertz CT molecular complexity index is 593. The zero-order valence-electron chi connectivity index (χ0n) is 13.6. The molecule has 1 fully saturated rings. The van der Waals surface area contributed by atoms with Crippen molar-refractivity contribution < 1.29 is 4.74 Å². The summed E-state index contributed by atoms with van der Waals surface area (Å²) >= 11 is 0. The number of H-pyrrole nitrogens is 1. The number of hydrogen-bond donors (Lipinski definition) is 2. The summed E-state index contributed by atoms with van der Waals surface area (Å²) in [6.45, 7) is 10.5. The van der Waals surface area contributed by atoms with Crippen molar-refractivity contribution in [1.82, 2.24) is 15.2 Å². The van der Waals surface area contributed by atoms with Crippen LogP contribution in [0.1, 0.15) is 19.4 Å². The molecule has 22 heavy (non-hydrogen) atoms. The van der Waals surface area contributed by atoms with Crippen molar-refractivity contribution in [2.24, 2.45) is 5.92 Å². The molecule has 1 aliphatic heterocycles. The van der Waals surface area contributed by atoms with Gasteiger partial charge in [-0.1, -0.05) is 32.0 Å². The maximum atomic E-state index is 5.88. The Morgan fingerprint density at radius 1 is 1.36 bits per heavy atom. The van der Waals surface area contributed by atoms with Gasteiger partial charge in [0.2, 0.25) is 0 Å². The third-order valence-corrected chi connectivity index (χ3v) is 4.21. The van der Waals surface area contributed by atoms with E-state index in [0.29, 0.717) is 6.10 Å². The smallest absolute Gasteiger partial charge is 0.0826 e. The van der Waals surface area contributed by atoms with E-state index in [9.17, 15) is 0 Å². The molecule has 1 aromatic heterocycles. The average Bonchev–Trinajstić information content (AvgIpc) is 2.91. The van der Waals surface area contributed by atoms with Gasteiger partial charge in [-0.25, -0.2) is 0 Å². The predicted molar refractivity (Wildman–Crippen MR) is 91.0 cm³/mol. The largest absolute Gasteiger partial charge is 0.374 e. The lowest BCUT2D eigenvalue weighted by Crippen LogP contribution is -2.47. The Kier molecular flexibility index (Phi) is 5.13. The molecule has 0 bridgehead atoms. The Labute approximate surface area is 132 Å². The molecule has 4 heteroatoms. The molecule has 1 saturated heterocycles. The Balaban J connectivity index is 1.48. The fourth-order valence-corrected chi connectivity index (χ4v) is 3.23. The monoisotopic (exact) mass is 301 g/mol. The van der Waals surface area contributed by atoms with Crippen molar-refractivity contribution in [3.8, 4) is 0 Å². The van der Waals surface area contributed by atoms with Crippen LogP contribution in [0.3, 0.4) is 0 Å². The minimum absolute atomic E-state index is 0.303. The van der Waals surface area contributed by atoms with Crippen LogP contribution in [-0.4, -0.2) is 48.8 Å². The zero-order valence-corrected chi connectivity index (χ0v) is 13.6. The SMILES string of the molecule is CC(C)CN1CCO[C@@H](CNCc2c[nH]c3ccccc23)C1. The van der Waals surface area contributed by atoms with Crippen LogP contribution in [0, 0.1) is 5.92 Å². The van der Waals surface area contributed by atoms with E-state index in [1.807, 2.05) is 0 Å². The molecule has 1 atom stereocenters. The van der Waals surface area contributed by atoms with E-state index in [0.717, 1.165) is 38.7 Å². The molecule has 0 saturated carbocycles. The lowest BCUT2D eigenvalue weighted by atomic mass is 10.1. The van der Waals surface area contributed by atoms with Crippen LogP contribution in [0.5, 0.6) is 0 Å². The molecule has 2 heterocycles. The zero-order chi connectivity index (χ0) is 15.4. The number of morpholine rings is 1. The second-order valence-electron chi connectivity index (χ2n) is 6.64. The van der Waals surface area contributed by atoms with Crippen molar-refractivity contribution in [2.45, 2.75) is 26.5 Å². The van der Waals surface area contributed by atoms with Gasteiger partial charge in [0.05, 0.1) is 12.7 Å². The van der Waals surface area contributed by atoms with E-state index in [1.54, 1.807) is 0 Å². The van der Waals surface area contributed by atoms with E-state index in [-0.39, 0.29) is 0 Å². The number of hydrogen-bond acceptors (Lipinski definition) is 3. The third kappa shape index (κ3) is 3.88. The summed E-state index contributed by atoms with van der Waals surface area (Å²) in [6.07, 6.45) is 2.41. The molecule has 0 radical (unpaired) electrons. The highest BCUT2D eigenvalue weighted by atomic mass is 16.5. The first-order valence-corrected chi connectivity index (χ1v) is 8.32. The first-order valence-electron chi connectivity index (χ1n) is 8.32. The van der Waals surface area contributed by atoms with Crippen LogP contribution in [-0.2, 0) is 11.3 Å². The van der Waals surface area contributed by atoms with E-state index >= 15 is 0 Å². The van der Waals surface area contributed by atoms with E-state index in [1.165, 1.54) is 23.0 Å². The number of rotatable bonds is 6. The average molecular weight is 301 g/mol. The number of fused-ring (bicyclic) bond motifs is 1. The summed E-state index contributed by atoms with van der Waals surface area (Å²) in [5, 5.41) is 4.86. The molecule has 120 valence electrons. The lowest BCUT2D eigenvalue weighted by Gasteiger charge is -2.34. The molecule has 0 unspecified atom stereocenters. The molecule has 2 N–H and O–H groups in total. The first-order chi connectivity index (χ1) is 10.7. The molecule has 4 nitrogen and oxygen atoms in total. The van der Waals surface area contributed by atoms with Gasteiger partial charge < -0.3 is 15.0 Å². The Hall–Kier alpha value is -1.36. The molecule has 1 aliphatic rings. The van der Waals surface area contributed by atoms with Gasteiger partial charge in [0.25, 0.3) is 0 Å². The second-order valence-corrected chi connectivity index (χ2v) is 6.64. The van der Waals surface area contributed by atoms with E-state index in [4.69, 9.17) is 4.74 Å². The first kappa shape index (κ1) is 15.5. The molecular weight excluding hydrogens is 274 g/mol. The third-order valence-electron chi connectivity index (χ3n) is 4.21. The van der Waals surface area contributed by atoms with Gasteiger partial charge in [0.15, 0.2) is 0 Å². The molecule has 3 rings (SSSR count). The van der Waals surface area contributed by atoms with Crippen LogP contribution in [0.25, 0.3) is 10.9 Å². The number of nitrogens with zero attached hydrogens (tertiary/aromatic N) is 1. The molecule has 2 aromatic rings. The summed E-state index contributed by atoms with van der Waals surface area (Å²) in [4.78, 5) is 5.85. The number of ether oxygens (including phenoxy) is 1. The summed E-state index contributed by atoms with van der Waals surface area (Å²) in [5.41, 5.74) is 2.53. The van der Waals surface area contributed by atoms with Crippen molar-refractivity contribution >= 4 is 10.9 Å². The molecular formula is C18H27N3O. The number of para-hydroxylation sites is 1. The van der Waals surface area contributed by atoms with Gasteiger partial charge in [0.1, 0.15) is 0 Å². The van der Waals surface area contributed by atoms with Crippen molar-refractivity contribution in [2.75, 3.05) is 32.8 Å². The number of aromatic amines is 1. The minimum Gasteiger partial charge on any atom is -0.374 e. The van der Waals surface area contributed by atoms with E-state index < -0.39 is 0 Å². The molecule has 0 amide bonds. The van der Waals surface area contributed by atoms with Gasteiger partial charge in [-0.15, -0.1) is 0 Å². The minimum atomic E-state index is 0.303. The molecule has 1 aromatic carbocycles. The van der Waals surface area contributed by atoms with Gasteiger partial charge in [-0.2, -0.15) is 0 Å². The van der Waals surface area contributed by atoms with Gasteiger partial charge in [-0.05, 0) is 17.5 Å². The maximum Gasteiger partial charge on any atom is 0.0826 e. The number of aromatic nitrogens is 1. The summed E-state index contributed by atoms with van der Waals surface area (Å²) < 4.78 is 5.88. The van der Waals surface area contributed by atoms with Crippen molar-refractivity contribution in [3.05, 3.63) is 36.0 Å². The van der Waals surface area contributed by atoms with Crippen LogP contribution in [0.2, 0.25) is 0 Å². The summed E-state index contributed by atoms with van der Waals surface area (Å²) in [7, 11) is 0. The van der Waals surface area contributed by atoms with Crippen molar-refractivity contribution in [1.29, 1.82) is 0 Å². The second kappa shape index (κ2) is 7.27. The number of nitrogens with one attached hydrogen (secondary N) is 2. The maximum absolute atomic E-state index is 5.88. The van der Waals surface area contributed by atoms with Gasteiger partial charge in [0, 0.05) is 49.8 Å². The Morgan fingerprint density at radius 2 is 2.23 bits per heavy atom. The predicted octanol–water partition coefficient (Wildman–Crippen LogP) is 2.61. The highest BCUT2D eigenvalue weighted by Crippen LogP contribution is 2.17. The summed E-state index contributed by atoms with van der Waals surface area (Å²) in [5.74, 6) is 0.720. The Morgan fingerprint density at radius 3 is 3.09 bits per heavy atom. The quantitative estimate of drug-likeness (QED) is 0.861. The fourth-order valence-electron chi connectivity index (χ4n) is 3.23. The highest BCUT2D eigenvalue weighted by Gasteiger charge is 2.20. The van der Waals surface area contributed by atoms with Crippen LogP contribution < -0.4 is 5.32 Å². The van der Waals surface area contributed by atoms with Crippen molar-refractivity contribution in [3.63, 3.8) is 0 Å². The van der Waals surface area contributed by atoms with Crippen LogP contribution in [0.15, 0.2) is 30.5 Å². The van der Waals surface area contributed by atoms with Crippen LogP contribution in [0.4, 0.5) is 0 Å². The topological polar surface area (TPSA) is 40.3 Å². The molecule has 0 spiro atoms. The summed E-state index contributed by atoms with van der Waals surface area (Å²) in [6, 6.07) is 8.44. The normalized spacial score (nSPS) is 20.0. The highest BCUT2D eigenvalue weighted by molar-refractivity contribution is 5.82. The number of benzene rings is 1. The molecule has 0 aliphatic carbocycles. The van der Waals surface area contributed by atoms with Gasteiger partial charge in [-0.3, -0.25) is 4.90 Å². The van der Waals surface area contributed by atoms with Gasteiger partial charge >= 0.3 is 0 Å². The standard InChI is InChI=1S/C18H27N3O/c1-14(2)12-21-7-8-22-16(13-21)11-19-9-15-10-20-18-6-4-3-5-17(15)18/h3-6,10,14,16,19-20H,7-9,11-13H2,1-2H3/t16-/m0/s1.